The Hall–Kier alpha value is -0.0400. The van der Waals surface area contributed by atoms with Crippen LogP contribution in [0.25, 0.3) is 0 Å². The quantitative estimate of drug-likeness (QED) is 0.682. The summed E-state index contributed by atoms with van der Waals surface area (Å²) in [5.74, 6) is 2.18. The van der Waals surface area contributed by atoms with Crippen LogP contribution in [0.4, 0.5) is 0 Å². The van der Waals surface area contributed by atoms with Gasteiger partial charge in [-0.25, -0.2) is 0 Å². The van der Waals surface area contributed by atoms with E-state index in [2.05, 4.69) is 34.6 Å². The zero-order valence-corrected chi connectivity index (χ0v) is 13.9. The molecule has 114 valence electrons. The van der Waals surface area contributed by atoms with Gasteiger partial charge in [0.25, 0.3) is 0 Å². The third-order valence-corrected chi connectivity index (χ3v) is 5.35. The lowest BCUT2D eigenvalue weighted by Gasteiger charge is -2.41. The van der Waals surface area contributed by atoms with Crippen molar-refractivity contribution in [1.82, 2.24) is 0 Å². The van der Waals surface area contributed by atoms with Crippen LogP contribution < -0.4 is 0 Å². The van der Waals surface area contributed by atoms with Crippen LogP contribution in [0.2, 0.25) is 0 Å². The lowest BCUT2D eigenvalue weighted by atomic mass is 9.66. The van der Waals surface area contributed by atoms with Crippen LogP contribution in [-0.4, -0.2) is 11.2 Å². The Morgan fingerprint density at radius 2 is 1.84 bits per heavy atom. The molecule has 0 aromatic rings. The van der Waals surface area contributed by atoms with Gasteiger partial charge >= 0.3 is 0 Å². The van der Waals surface area contributed by atoms with Gasteiger partial charge < -0.3 is 5.11 Å². The Balaban J connectivity index is 2.53. The third kappa shape index (κ3) is 5.45. The van der Waals surface area contributed by atoms with Gasteiger partial charge in [0, 0.05) is 0 Å². The minimum absolute atomic E-state index is 0.0331. The molecule has 4 atom stereocenters. The maximum Gasteiger partial charge on any atom is 0.0568 e. The van der Waals surface area contributed by atoms with Crippen LogP contribution in [0.3, 0.4) is 0 Å². The van der Waals surface area contributed by atoms with E-state index in [4.69, 9.17) is 0 Å². The van der Waals surface area contributed by atoms with Crippen molar-refractivity contribution in [3.8, 4) is 0 Å². The van der Waals surface area contributed by atoms with Crippen molar-refractivity contribution in [3.05, 3.63) is 0 Å². The van der Waals surface area contributed by atoms with Gasteiger partial charge in [0.05, 0.1) is 6.10 Å². The summed E-state index contributed by atoms with van der Waals surface area (Å²) >= 11 is 0. The highest BCUT2D eigenvalue weighted by Gasteiger charge is 2.35. The average molecular weight is 268 g/mol. The summed E-state index contributed by atoms with van der Waals surface area (Å²) in [6.07, 6.45) is 9.99. The topological polar surface area (TPSA) is 20.2 Å². The van der Waals surface area contributed by atoms with Crippen LogP contribution >= 0.6 is 0 Å². The Morgan fingerprint density at radius 1 is 1.16 bits per heavy atom. The third-order valence-electron chi connectivity index (χ3n) is 5.35. The summed E-state index contributed by atoms with van der Waals surface area (Å²) in [7, 11) is 0. The van der Waals surface area contributed by atoms with Crippen LogP contribution in [0.5, 0.6) is 0 Å². The van der Waals surface area contributed by atoms with Crippen molar-refractivity contribution in [2.24, 2.45) is 23.2 Å². The molecule has 1 aliphatic carbocycles. The molecule has 1 aliphatic rings. The largest absolute Gasteiger partial charge is 0.393 e. The molecule has 4 unspecified atom stereocenters. The summed E-state index contributed by atoms with van der Waals surface area (Å²) in [6.45, 7) is 11.7. The molecule has 0 aromatic carbocycles. The molecule has 0 radical (unpaired) electrons. The maximum absolute atomic E-state index is 10.3. The summed E-state index contributed by atoms with van der Waals surface area (Å²) in [4.78, 5) is 0. The van der Waals surface area contributed by atoms with Crippen LogP contribution in [0.1, 0.15) is 86.0 Å². The number of aliphatic hydroxyl groups excluding tert-OH is 1. The van der Waals surface area contributed by atoms with Crippen molar-refractivity contribution in [3.63, 3.8) is 0 Å². The molecule has 1 nitrogen and oxygen atoms in total. The number of rotatable bonds is 6. The highest BCUT2D eigenvalue weighted by atomic mass is 16.3. The predicted octanol–water partition coefficient (Wildman–Crippen LogP) is 5.42. The van der Waals surface area contributed by atoms with Gasteiger partial charge in [0.1, 0.15) is 0 Å². The van der Waals surface area contributed by atoms with Crippen molar-refractivity contribution in [1.29, 1.82) is 0 Å². The molecular formula is C18H36O. The molecule has 1 rings (SSSR count). The first kappa shape index (κ1) is 17.0. The summed E-state index contributed by atoms with van der Waals surface area (Å²) < 4.78 is 0. The van der Waals surface area contributed by atoms with E-state index in [1.165, 1.54) is 44.9 Å². The second-order valence-corrected chi connectivity index (χ2v) is 7.86. The highest BCUT2D eigenvalue weighted by Crippen LogP contribution is 2.42. The van der Waals surface area contributed by atoms with E-state index in [0.717, 1.165) is 18.3 Å². The van der Waals surface area contributed by atoms with Crippen molar-refractivity contribution >= 4 is 0 Å². The van der Waals surface area contributed by atoms with E-state index in [1.54, 1.807) is 0 Å². The monoisotopic (exact) mass is 268 g/mol. The minimum Gasteiger partial charge on any atom is -0.393 e. The van der Waals surface area contributed by atoms with Gasteiger partial charge in [0.2, 0.25) is 0 Å². The zero-order valence-electron chi connectivity index (χ0n) is 13.9. The van der Waals surface area contributed by atoms with Gasteiger partial charge in [-0.1, -0.05) is 60.3 Å². The Morgan fingerprint density at radius 3 is 2.37 bits per heavy atom. The fraction of sp³-hybridized carbons (Fsp3) is 1.00. The van der Waals surface area contributed by atoms with Crippen LogP contribution in [-0.2, 0) is 0 Å². The molecule has 1 heteroatoms. The van der Waals surface area contributed by atoms with Crippen LogP contribution in [0.15, 0.2) is 0 Å². The van der Waals surface area contributed by atoms with E-state index >= 15 is 0 Å². The Labute approximate surface area is 121 Å². The molecule has 0 heterocycles. The zero-order chi connectivity index (χ0) is 14.5. The van der Waals surface area contributed by atoms with E-state index in [0.29, 0.717) is 11.3 Å². The number of hydrogen-bond acceptors (Lipinski definition) is 1. The van der Waals surface area contributed by atoms with E-state index < -0.39 is 0 Å². The first-order valence-electron chi connectivity index (χ1n) is 8.56. The van der Waals surface area contributed by atoms with E-state index in [1.807, 2.05) is 0 Å². The van der Waals surface area contributed by atoms with Gasteiger partial charge in [0.15, 0.2) is 0 Å². The van der Waals surface area contributed by atoms with Crippen molar-refractivity contribution in [2.45, 2.75) is 92.1 Å². The standard InChI is InChI=1S/C18H36O/c1-6-8-9-14(7-2)12-15-13-16(18(3,4)5)10-11-17(15)19/h14-17,19H,6-13H2,1-5H3. The fourth-order valence-corrected chi connectivity index (χ4v) is 3.70. The molecule has 0 bridgehead atoms. The molecule has 0 aliphatic heterocycles. The molecule has 0 amide bonds. The van der Waals surface area contributed by atoms with E-state index in [9.17, 15) is 5.11 Å². The van der Waals surface area contributed by atoms with Gasteiger partial charge in [-0.15, -0.1) is 0 Å². The SMILES string of the molecule is CCCCC(CC)CC1CC(C(C)(C)C)CCC1O. The lowest BCUT2D eigenvalue weighted by molar-refractivity contribution is 0.00787. The molecular weight excluding hydrogens is 232 g/mol. The molecule has 0 saturated heterocycles. The van der Waals surface area contributed by atoms with Crippen LogP contribution in [0, 0.1) is 23.2 Å². The fourth-order valence-electron chi connectivity index (χ4n) is 3.70. The first-order chi connectivity index (χ1) is 8.88. The average Bonchev–Trinajstić information content (AvgIpc) is 2.35. The molecule has 0 aromatic heterocycles. The Bertz CT molecular complexity index is 241. The molecule has 0 spiro atoms. The second kappa shape index (κ2) is 7.67. The van der Waals surface area contributed by atoms with Gasteiger partial charge in [-0.2, -0.15) is 0 Å². The molecule has 1 fully saturated rings. The number of hydrogen-bond donors (Lipinski definition) is 1. The maximum atomic E-state index is 10.3. The summed E-state index contributed by atoms with van der Waals surface area (Å²) in [5, 5.41) is 10.3. The second-order valence-electron chi connectivity index (χ2n) is 7.86. The predicted molar refractivity (Wildman–Crippen MR) is 84.2 cm³/mol. The Kier molecular flexibility index (Phi) is 6.86. The lowest BCUT2D eigenvalue weighted by Crippen LogP contribution is -2.35. The molecule has 1 saturated carbocycles. The van der Waals surface area contributed by atoms with E-state index in [-0.39, 0.29) is 6.10 Å². The molecule has 19 heavy (non-hydrogen) atoms. The smallest absolute Gasteiger partial charge is 0.0568 e. The summed E-state index contributed by atoms with van der Waals surface area (Å²) in [6, 6.07) is 0. The summed E-state index contributed by atoms with van der Waals surface area (Å²) in [5.41, 5.74) is 0.406. The minimum atomic E-state index is -0.0331. The van der Waals surface area contributed by atoms with Gasteiger partial charge in [-0.3, -0.25) is 0 Å². The van der Waals surface area contributed by atoms with Crippen molar-refractivity contribution < 1.29 is 5.11 Å². The highest BCUT2D eigenvalue weighted by molar-refractivity contribution is 4.86. The first-order valence-corrected chi connectivity index (χ1v) is 8.56. The normalized spacial score (nSPS) is 30.3. The number of aliphatic hydroxyl groups is 1. The van der Waals surface area contributed by atoms with Gasteiger partial charge in [-0.05, 0) is 48.9 Å². The molecule has 1 N–H and O–H groups in total. The number of unbranched alkanes of at least 4 members (excludes halogenated alkanes) is 1. The van der Waals surface area contributed by atoms with Crippen molar-refractivity contribution in [2.75, 3.05) is 0 Å².